The summed E-state index contributed by atoms with van der Waals surface area (Å²) in [4.78, 5) is 9.82. The van der Waals surface area contributed by atoms with E-state index in [9.17, 15) is 4.79 Å². The predicted molar refractivity (Wildman–Crippen MR) is 37.7 cm³/mol. The van der Waals surface area contributed by atoms with E-state index in [4.69, 9.17) is 4.74 Å². The number of hydrogen-bond donors (Lipinski definition) is 0. The highest BCUT2D eigenvalue weighted by molar-refractivity contribution is 5.65. The largest absolute Gasteiger partial charge is 0.466 e. The van der Waals surface area contributed by atoms with Gasteiger partial charge < -0.3 is 9.47 Å². The lowest BCUT2D eigenvalue weighted by molar-refractivity contribution is -0.140. The number of carbonyl (C=O) groups excluding carboxylic acids is 1. The second-order valence-electron chi connectivity index (χ2n) is 2.07. The summed E-state index contributed by atoms with van der Waals surface area (Å²) in [5, 5.41) is 0. The molecule has 1 atom stereocenters. The number of epoxide rings is 1. The van der Waals surface area contributed by atoms with Crippen LogP contribution in [0.5, 0.6) is 0 Å². The Hall–Kier alpha value is -0.570. The standard InChI is InChI=1S/C4H8O2.C3H6O/c1-3-6-4(2)5;1-3-2-4-3/h3H2,1-2H3;3H,2H2,1H3. The second kappa shape index (κ2) is 5.23. The Bertz CT molecular complexity index is 97.0. The molecule has 0 aromatic heterocycles. The third kappa shape index (κ3) is 10.4. The first-order valence-electron chi connectivity index (χ1n) is 3.41. The summed E-state index contributed by atoms with van der Waals surface area (Å²) in [5.74, 6) is -0.211. The van der Waals surface area contributed by atoms with Gasteiger partial charge in [0.1, 0.15) is 0 Å². The molecule has 0 amide bonds. The van der Waals surface area contributed by atoms with Crippen molar-refractivity contribution in [3.63, 3.8) is 0 Å². The molecule has 0 aromatic rings. The molecule has 0 bridgehead atoms. The van der Waals surface area contributed by atoms with Gasteiger partial charge in [-0.1, -0.05) is 0 Å². The highest BCUT2D eigenvalue weighted by Crippen LogP contribution is 2.04. The third-order valence-electron chi connectivity index (χ3n) is 0.848. The van der Waals surface area contributed by atoms with Gasteiger partial charge in [-0.05, 0) is 13.8 Å². The molecule has 60 valence electrons. The molecule has 1 fully saturated rings. The van der Waals surface area contributed by atoms with Gasteiger partial charge in [0.25, 0.3) is 0 Å². The van der Waals surface area contributed by atoms with E-state index in [1.165, 1.54) is 6.92 Å². The van der Waals surface area contributed by atoms with Crippen LogP contribution in [-0.2, 0) is 14.3 Å². The van der Waals surface area contributed by atoms with Gasteiger partial charge >= 0.3 is 5.97 Å². The lowest BCUT2D eigenvalue weighted by atomic mass is 10.6. The summed E-state index contributed by atoms with van der Waals surface area (Å²) < 4.78 is 9.11. The number of esters is 1. The molecular weight excluding hydrogens is 132 g/mol. The Labute approximate surface area is 61.3 Å². The molecule has 1 unspecified atom stereocenters. The molecule has 0 aromatic carbocycles. The zero-order valence-corrected chi connectivity index (χ0v) is 6.72. The monoisotopic (exact) mass is 146 g/mol. The van der Waals surface area contributed by atoms with Crippen molar-refractivity contribution >= 4 is 5.97 Å². The maximum absolute atomic E-state index is 9.82. The van der Waals surface area contributed by atoms with E-state index < -0.39 is 0 Å². The van der Waals surface area contributed by atoms with Crippen molar-refractivity contribution in [3.05, 3.63) is 0 Å². The van der Waals surface area contributed by atoms with Crippen molar-refractivity contribution in [3.8, 4) is 0 Å². The van der Waals surface area contributed by atoms with Crippen molar-refractivity contribution in [1.29, 1.82) is 0 Å². The number of rotatable bonds is 1. The van der Waals surface area contributed by atoms with Crippen LogP contribution >= 0.6 is 0 Å². The van der Waals surface area contributed by atoms with Gasteiger partial charge in [-0.2, -0.15) is 0 Å². The number of ether oxygens (including phenoxy) is 2. The second-order valence-corrected chi connectivity index (χ2v) is 2.07. The lowest BCUT2D eigenvalue weighted by Crippen LogP contribution is -1.95. The van der Waals surface area contributed by atoms with Crippen LogP contribution in [0.3, 0.4) is 0 Å². The predicted octanol–water partition coefficient (Wildman–Crippen LogP) is 0.974. The molecule has 0 aliphatic carbocycles. The van der Waals surface area contributed by atoms with Gasteiger partial charge in [-0.3, -0.25) is 4.79 Å². The average molecular weight is 146 g/mol. The molecule has 10 heavy (non-hydrogen) atoms. The molecule has 1 aliphatic rings. The number of carbonyl (C=O) groups is 1. The third-order valence-corrected chi connectivity index (χ3v) is 0.848. The summed E-state index contributed by atoms with van der Waals surface area (Å²) in [6.07, 6.45) is 0.583. The van der Waals surface area contributed by atoms with Gasteiger partial charge in [-0.15, -0.1) is 0 Å². The minimum absolute atomic E-state index is 0.211. The molecule has 0 radical (unpaired) electrons. The highest BCUT2D eigenvalue weighted by atomic mass is 16.6. The fourth-order valence-corrected chi connectivity index (χ4v) is 0.299. The quantitative estimate of drug-likeness (QED) is 0.409. The summed E-state index contributed by atoms with van der Waals surface area (Å²) in [6, 6.07) is 0. The van der Waals surface area contributed by atoms with E-state index in [1.54, 1.807) is 6.92 Å². The van der Waals surface area contributed by atoms with Crippen LogP contribution in [-0.4, -0.2) is 25.3 Å². The lowest BCUT2D eigenvalue weighted by Gasteiger charge is -1.89. The van der Waals surface area contributed by atoms with Crippen LogP contribution < -0.4 is 0 Å². The zero-order chi connectivity index (χ0) is 7.98. The van der Waals surface area contributed by atoms with Crippen LogP contribution in [0.15, 0.2) is 0 Å². The van der Waals surface area contributed by atoms with Crippen LogP contribution in [0.25, 0.3) is 0 Å². The summed E-state index contributed by atoms with van der Waals surface area (Å²) >= 11 is 0. The van der Waals surface area contributed by atoms with Crippen molar-refractivity contribution in [2.75, 3.05) is 13.2 Å². The highest BCUT2D eigenvalue weighted by Gasteiger charge is 2.13. The first-order valence-corrected chi connectivity index (χ1v) is 3.41. The Kier molecular flexibility index (Phi) is 4.94. The molecule has 0 saturated carbocycles. The van der Waals surface area contributed by atoms with E-state index in [1.807, 2.05) is 0 Å². The number of hydrogen-bond acceptors (Lipinski definition) is 3. The Balaban J connectivity index is 0.000000172. The van der Waals surface area contributed by atoms with E-state index in [0.717, 1.165) is 6.61 Å². The average Bonchev–Trinajstić information content (AvgIpc) is 2.52. The topological polar surface area (TPSA) is 38.8 Å². The summed E-state index contributed by atoms with van der Waals surface area (Å²) in [5.41, 5.74) is 0. The maximum atomic E-state index is 9.82. The zero-order valence-electron chi connectivity index (χ0n) is 6.72. The van der Waals surface area contributed by atoms with Gasteiger partial charge in [0.2, 0.25) is 0 Å². The fraction of sp³-hybridized carbons (Fsp3) is 0.857. The minimum Gasteiger partial charge on any atom is -0.466 e. The summed E-state index contributed by atoms with van der Waals surface area (Å²) in [7, 11) is 0. The molecule has 0 N–H and O–H groups in total. The van der Waals surface area contributed by atoms with Gasteiger partial charge in [-0.25, -0.2) is 0 Å². The smallest absolute Gasteiger partial charge is 0.302 e. The molecule has 1 rings (SSSR count). The molecule has 0 spiro atoms. The van der Waals surface area contributed by atoms with Crippen LogP contribution in [0.2, 0.25) is 0 Å². The Morgan fingerprint density at radius 3 is 2.20 bits per heavy atom. The van der Waals surface area contributed by atoms with Crippen LogP contribution in [0, 0.1) is 0 Å². The first kappa shape index (κ1) is 9.43. The van der Waals surface area contributed by atoms with Crippen molar-refractivity contribution < 1.29 is 14.3 Å². The van der Waals surface area contributed by atoms with Crippen molar-refractivity contribution in [2.45, 2.75) is 26.9 Å². The first-order chi connectivity index (χ1) is 4.66. The molecule has 1 saturated heterocycles. The van der Waals surface area contributed by atoms with E-state index in [2.05, 4.69) is 11.7 Å². The van der Waals surface area contributed by atoms with Crippen LogP contribution in [0.4, 0.5) is 0 Å². The summed E-state index contributed by atoms with van der Waals surface area (Å²) in [6.45, 7) is 6.69. The molecular formula is C7H14O3. The van der Waals surface area contributed by atoms with Gasteiger partial charge in [0.05, 0.1) is 19.3 Å². The van der Waals surface area contributed by atoms with Crippen molar-refractivity contribution in [2.24, 2.45) is 0 Å². The van der Waals surface area contributed by atoms with Gasteiger partial charge in [0.15, 0.2) is 0 Å². The Morgan fingerprint density at radius 1 is 1.80 bits per heavy atom. The van der Waals surface area contributed by atoms with E-state index >= 15 is 0 Å². The molecule has 3 heteroatoms. The fourth-order valence-electron chi connectivity index (χ4n) is 0.299. The Morgan fingerprint density at radius 2 is 2.20 bits per heavy atom. The molecule has 3 nitrogen and oxygen atoms in total. The molecule has 1 aliphatic heterocycles. The van der Waals surface area contributed by atoms with Crippen molar-refractivity contribution in [1.82, 2.24) is 0 Å². The van der Waals surface area contributed by atoms with Gasteiger partial charge in [0, 0.05) is 6.92 Å². The normalized spacial score (nSPS) is 20.5. The maximum Gasteiger partial charge on any atom is 0.302 e. The van der Waals surface area contributed by atoms with E-state index in [0.29, 0.717) is 12.7 Å². The molecule has 1 heterocycles. The van der Waals surface area contributed by atoms with E-state index in [-0.39, 0.29) is 5.97 Å². The SMILES string of the molecule is CC1CO1.CCOC(C)=O. The van der Waals surface area contributed by atoms with Crippen LogP contribution in [0.1, 0.15) is 20.8 Å². The minimum atomic E-state index is -0.211.